The molecule has 1 aromatic carbocycles. The van der Waals surface area contributed by atoms with E-state index in [4.69, 9.17) is 0 Å². The predicted octanol–water partition coefficient (Wildman–Crippen LogP) is 4.13. The van der Waals surface area contributed by atoms with Crippen molar-refractivity contribution in [2.24, 2.45) is 0 Å². The summed E-state index contributed by atoms with van der Waals surface area (Å²) in [7, 11) is 0. The van der Waals surface area contributed by atoms with Gasteiger partial charge in [-0.15, -0.1) is 0 Å². The Hall–Kier alpha value is -0.860. The third kappa shape index (κ3) is 4.08. The molecule has 2 heteroatoms. The molecule has 1 N–H and O–H groups in total. The Kier molecular flexibility index (Phi) is 5.32. The lowest BCUT2D eigenvalue weighted by atomic mass is 10.0. The highest BCUT2D eigenvalue weighted by atomic mass is 15.2. The number of benzene rings is 1. The van der Waals surface area contributed by atoms with E-state index >= 15 is 0 Å². The molecule has 1 heterocycles. The highest BCUT2D eigenvalue weighted by Crippen LogP contribution is 2.30. The van der Waals surface area contributed by atoms with Gasteiger partial charge in [-0.2, -0.15) is 0 Å². The zero-order valence-electron chi connectivity index (χ0n) is 13.4. The van der Waals surface area contributed by atoms with Crippen LogP contribution >= 0.6 is 0 Å². The first-order chi connectivity index (χ1) is 10.4. The van der Waals surface area contributed by atoms with Crippen LogP contribution in [-0.4, -0.2) is 30.1 Å². The zero-order valence-corrected chi connectivity index (χ0v) is 13.4. The molecule has 3 rings (SSSR count). The van der Waals surface area contributed by atoms with E-state index in [2.05, 4.69) is 47.5 Å². The van der Waals surface area contributed by atoms with Gasteiger partial charge in [0.2, 0.25) is 0 Å². The Morgan fingerprint density at radius 1 is 1.10 bits per heavy atom. The molecule has 1 saturated carbocycles. The maximum absolute atomic E-state index is 3.78. The first-order valence-corrected chi connectivity index (χ1v) is 8.92. The molecular formula is C19H30N2. The van der Waals surface area contributed by atoms with E-state index in [-0.39, 0.29) is 0 Å². The largest absolute Gasteiger partial charge is 0.312 e. The normalized spacial score (nSPS) is 25.5. The molecule has 1 aliphatic carbocycles. The summed E-state index contributed by atoms with van der Waals surface area (Å²) in [6.45, 7) is 4.74. The van der Waals surface area contributed by atoms with Gasteiger partial charge in [-0.25, -0.2) is 0 Å². The maximum atomic E-state index is 3.78. The average molecular weight is 286 g/mol. The van der Waals surface area contributed by atoms with E-state index in [9.17, 15) is 0 Å². The Bertz CT molecular complexity index is 413. The Labute approximate surface area is 129 Å². The molecule has 21 heavy (non-hydrogen) atoms. The van der Waals surface area contributed by atoms with Gasteiger partial charge in [0.05, 0.1) is 0 Å². The Balaban J connectivity index is 1.77. The average Bonchev–Trinajstić information content (AvgIpc) is 3.35. The molecule has 116 valence electrons. The third-order valence-corrected chi connectivity index (χ3v) is 5.16. The molecule has 1 saturated heterocycles. The van der Waals surface area contributed by atoms with Gasteiger partial charge in [0, 0.05) is 24.7 Å². The van der Waals surface area contributed by atoms with Gasteiger partial charge in [-0.3, -0.25) is 4.90 Å². The highest BCUT2D eigenvalue weighted by Gasteiger charge is 2.29. The van der Waals surface area contributed by atoms with Crippen LogP contribution in [0.1, 0.15) is 63.5 Å². The monoisotopic (exact) mass is 286 g/mol. The van der Waals surface area contributed by atoms with Gasteiger partial charge in [0.25, 0.3) is 0 Å². The molecule has 0 amide bonds. The van der Waals surface area contributed by atoms with Gasteiger partial charge in [0.1, 0.15) is 0 Å². The first kappa shape index (κ1) is 15.1. The van der Waals surface area contributed by atoms with E-state index in [1.807, 2.05) is 0 Å². The lowest BCUT2D eigenvalue weighted by molar-refractivity contribution is 0.129. The summed E-state index contributed by atoms with van der Waals surface area (Å²) in [5.41, 5.74) is 1.49. The number of nitrogens with zero attached hydrogens (tertiary/aromatic N) is 1. The topological polar surface area (TPSA) is 15.3 Å². The van der Waals surface area contributed by atoms with Crippen LogP contribution in [0.3, 0.4) is 0 Å². The van der Waals surface area contributed by atoms with Gasteiger partial charge < -0.3 is 5.32 Å². The molecule has 0 bridgehead atoms. The van der Waals surface area contributed by atoms with Crippen molar-refractivity contribution >= 4 is 0 Å². The maximum Gasteiger partial charge on any atom is 0.0475 e. The van der Waals surface area contributed by atoms with Gasteiger partial charge in [0.15, 0.2) is 0 Å². The van der Waals surface area contributed by atoms with E-state index in [0.29, 0.717) is 6.04 Å². The van der Waals surface area contributed by atoms with Crippen molar-refractivity contribution in [2.45, 2.75) is 70.0 Å². The SMILES string of the molecule is CCC1CCCCCN1C(CNC1CC1)c1ccccc1. The molecule has 0 spiro atoms. The minimum atomic E-state index is 0.551. The van der Waals surface area contributed by atoms with Crippen LogP contribution in [0.5, 0.6) is 0 Å². The van der Waals surface area contributed by atoms with Crippen LogP contribution in [0.4, 0.5) is 0 Å². The molecule has 2 unspecified atom stereocenters. The lowest BCUT2D eigenvalue weighted by Gasteiger charge is -2.37. The summed E-state index contributed by atoms with van der Waals surface area (Å²) in [5, 5.41) is 3.78. The van der Waals surface area contributed by atoms with E-state index in [0.717, 1.165) is 18.6 Å². The van der Waals surface area contributed by atoms with Crippen molar-refractivity contribution in [3.8, 4) is 0 Å². The number of rotatable bonds is 6. The predicted molar refractivity (Wildman–Crippen MR) is 89.5 cm³/mol. The molecule has 1 aromatic rings. The van der Waals surface area contributed by atoms with Crippen LogP contribution in [0, 0.1) is 0 Å². The Morgan fingerprint density at radius 3 is 2.62 bits per heavy atom. The van der Waals surface area contributed by atoms with Crippen LogP contribution in [0.2, 0.25) is 0 Å². The van der Waals surface area contributed by atoms with Crippen molar-refractivity contribution in [3.63, 3.8) is 0 Å². The third-order valence-electron chi connectivity index (χ3n) is 5.16. The minimum Gasteiger partial charge on any atom is -0.312 e. The summed E-state index contributed by atoms with van der Waals surface area (Å²) >= 11 is 0. The molecule has 2 nitrogen and oxygen atoms in total. The smallest absolute Gasteiger partial charge is 0.0475 e. The van der Waals surface area contributed by atoms with Crippen LogP contribution in [0.25, 0.3) is 0 Å². The second kappa shape index (κ2) is 7.42. The van der Waals surface area contributed by atoms with E-state index < -0.39 is 0 Å². The fraction of sp³-hybridized carbons (Fsp3) is 0.684. The van der Waals surface area contributed by atoms with Crippen molar-refractivity contribution in [1.82, 2.24) is 10.2 Å². The van der Waals surface area contributed by atoms with E-state index in [1.54, 1.807) is 0 Å². The number of likely N-dealkylation sites (tertiary alicyclic amines) is 1. The summed E-state index contributed by atoms with van der Waals surface area (Å²) in [6.07, 6.45) is 9.59. The highest BCUT2D eigenvalue weighted by molar-refractivity contribution is 5.20. The summed E-state index contributed by atoms with van der Waals surface area (Å²) in [5.74, 6) is 0. The van der Waals surface area contributed by atoms with Crippen molar-refractivity contribution < 1.29 is 0 Å². The molecule has 2 aliphatic rings. The van der Waals surface area contributed by atoms with Crippen molar-refractivity contribution in [3.05, 3.63) is 35.9 Å². The molecule has 2 atom stereocenters. The van der Waals surface area contributed by atoms with E-state index in [1.165, 1.54) is 57.1 Å². The van der Waals surface area contributed by atoms with Crippen LogP contribution in [0.15, 0.2) is 30.3 Å². The number of hydrogen-bond donors (Lipinski definition) is 1. The van der Waals surface area contributed by atoms with Crippen LogP contribution in [-0.2, 0) is 0 Å². The molecule has 0 radical (unpaired) electrons. The summed E-state index contributed by atoms with van der Waals surface area (Å²) in [6, 6.07) is 13.3. The summed E-state index contributed by atoms with van der Waals surface area (Å²) < 4.78 is 0. The standard InChI is InChI=1S/C19H30N2/c1-2-18-11-7-4-8-14-21(18)19(15-20-17-12-13-17)16-9-5-3-6-10-16/h3,5-6,9-10,17-20H,2,4,7-8,11-15H2,1H3. The lowest BCUT2D eigenvalue weighted by Crippen LogP contribution is -2.42. The van der Waals surface area contributed by atoms with Crippen molar-refractivity contribution in [1.29, 1.82) is 0 Å². The van der Waals surface area contributed by atoms with Gasteiger partial charge in [-0.05, 0) is 44.2 Å². The summed E-state index contributed by atoms with van der Waals surface area (Å²) in [4.78, 5) is 2.80. The van der Waals surface area contributed by atoms with Gasteiger partial charge >= 0.3 is 0 Å². The second-order valence-corrected chi connectivity index (χ2v) is 6.76. The molecule has 0 aromatic heterocycles. The number of nitrogens with one attached hydrogen (secondary N) is 1. The minimum absolute atomic E-state index is 0.551. The number of hydrogen-bond acceptors (Lipinski definition) is 2. The second-order valence-electron chi connectivity index (χ2n) is 6.76. The molecular weight excluding hydrogens is 256 g/mol. The fourth-order valence-corrected chi connectivity index (χ4v) is 3.72. The Morgan fingerprint density at radius 2 is 1.90 bits per heavy atom. The van der Waals surface area contributed by atoms with Crippen LogP contribution < -0.4 is 5.32 Å². The molecule has 1 aliphatic heterocycles. The van der Waals surface area contributed by atoms with Gasteiger partial charge in [-0.1, -0.05) is 50.1 Å². The zero-order chi connectivity index (χ0) is 14.5. The van der Waals surface area contributed by atoms with Crippen molar-refractivity contribution in [2.75, 3.05) is 13.1 Å². The quantitative estimate of drug-likeness (QED) is 0.845. The first-order valence-electron chi connectivity index (χ1n) is 8.92. The fourth-order valence-electron chi connectivity index (χ4n) is 3.72. The molecule has 2 fully saturated rings.